The molecule has 0 bridgehead atoms. The SMILES string of the molecule is CC(C)c1ccc(C(C)(C)c2cnccn2)nc1. The van der Waals surface area contributed by atoms with Gasteiger partial charge in [-0.3, -0.25) is 15.0 Å². The van der Waals surface area contributed by atoms with Crippen LogP contribution >= 0.6 is 0 Å². The van der Waals surface area contributed by atoms with E-state index in [2.05, 4.69) is 54.8 Å². The summed E-state index contributed by atoms with van der Waals surface area (Å²) < 4.78 is 0. The lowest BCUT2D eigenvalue weighted by atomic mass is 9.85. The number of aromatic nitrogens is 3. The fourth-order valence-corrected chi connectivity index (χ4v) is 1.87. The molecule has 0 spiro atoms. The van der Waals surface area contributed by atoms with Gasteiger partial charge in [-0.1, -0.05) is 19.9 Å². The molecule has 0 saturated heterocycles. The van der Waals surface area contributed by atoms with Gasteiger partial charge in [0.2, 0.25) is 0 Å². The molecule has 0 radical (unpaired) electrons. The highest BCUT2D eigenvalue weighted by Crippen LogP contribution is 2.28. The Morgan fingerprint density at radius 2 is 1.72 bits per heavy atom. The minimum atomic E-state index is -0.218. The van der Waals surface area contributed by atoms with Gasteiger partial charge >= 0.3 is 0 Å². The predicted octanol–water partition coefficient (Wildman–Crippen LogP) is 3.32. The third-order valence-electron chi connectivity index (χ3n) is 3.30. The highest BCUT2D eigenvalue weighted by atomic mass is 14.8. The van der Waals surface area contributed by atoms with Crippen molar-refractivity contribution in [1.29, 1.82) is 0 Å². The molecule has 0 fully saturated rings. The summed E-state index contributed by atoms with van der Waals surface area (Å²) >= 11 is 0. The second-order valence-corrected chi connectivity index (χ2v) is 5.35. The Kier molecular flexibility index (Phi) is 3.41. The van der Waals surface area contributed by atoms with Crippen LogP contribution in [0.25, 0.3) is 0 Å². The van der Waals surface area contributed by atoms with Gasteiger partial charge < -0.3 is 0 Å². The van der Waals surface area contributed by atoms with Gasteiger partial charge in [0.15, 0.2) is 0 Å². The molecular formula is C15H19N3. The fourth-order valence-electron chi connectivity index (χ4n) is 1.87. The van der Waals surface area contributed by atoms with E-state index in [4.69, 9.17) is 0 Å². The smallest absolute Gasteiger partial charge is 0.0702 e. The van der Waals surface area contributed by atoms with Crippen molar-refractivity contribution in [2.45, 2.75) is 39.0 Å². The number of pyridine rings is 1. The van der Waals surface area contributed by atoms with Crippen LogP contribution in [0.5, 0.6) is 0 Å². The maximum absolute atomic E-state index is 4.58. The molecule has 18 heavy (non-hydrogen) atoms. The molecule has 0 atom stereocenters. The number of rotatable bonds is 3. The predicted molar refractivity (Wildman–Crippen MR) is 72.5 cm³/mol. The highest BCUT2D eigenvalue weighted by molar-refractivity contribution is 5.29. The van der Waals surface area contributed by atoms with Gasteiger partial charge in [-0.05, 0) is 31.4 Å². The average Bonchev–Trinajstić information content (AvgIpc) is 2.40. The van der Waals surface area contributed by atoms with Crippen LogP contribution in [0.2, 0.25) is 0 Å². The van der Waals surface area contributed by atoms with Gasteiger partial charge in [0, 0.05) is 24.8 Å². The van der Waals surface area contributed by atoms with E-state index in [1.807, 2.05) is 6.20 Å². The zero-order valence-corrected chi connectivity index (χ0v) is 11.4. The van der Waals surface area contributed by atoms with E-state index in [0.717, 1.165) is 11.4 Å². The highest BCUT2D eigenvalue weighted by Gasteiger charge is 2.26. The monoisotopic (exact) mass is 241 g/mol. The third-order valence-corrected chi connectivity index (χ3v) is 3.30. The van der Waals surface area contributed by atoms with Gasteiger partial charge in [-0.2, -0.15) is 0 Å². The summed E-state index contributed by atoms with van der Waals surface area (Å²) in [6, 6.07) is 4.23. The van der Waals surface area contributed by atoms with Crippen LogP contribution in [0, 0.1) is 0 Å². The topological polar surface area (TPSA) is 38.7 Å². The molecule has 0 aliphatic rings. The molecule has 2 rings (SSSR count). The Morgan fingerprint density at radius 1 is 0.944 bits per heavy atom. The normalized spacial score (nSPS) is 11.8. The van der Waals surface area contributed by atoms with E-state index in [-0.39, 0.29) is 5.41 Å². The van der Waals surface area contributed by atoms with Crippen molar-refractivity contribution < 1.29 is 0 Å². The van der Waals surface area contributed by atoms with E-state index in [9.17, 15) is 0 Å². The largest absolute Gasteiger partial charge is 0.261 e. The summed E-state index contributed by atoms with van der Waals surface area (Å²) in [6.07, 6.45) is 7.17. The maximum Gasteiger partial charge on any atom is 0.0702 e. The average molecular weight is 241 g/mol. The zero-order chi connectivity index (χ0) is 13.2. The molecule has 0 N–H and O–H groups in total. The van der Waals surface area contributed by atoms with Crippen molar-refractivity contribution >= 4 is 0 Å². The lowest BCUT2D eigenvalue weighted by molar-refractivity contribution is 0.590. The molecule has 94 valence electrons. The van der Waals surface area contributed by atoms with Gasteiger partial charge in [0.25, 0.3) is 0 Å². The van der Waals surface area contributed by atoms with Gasteiger partial charge in [-0.25, -0.2) is 0 Å². The van der Waals surface area contributed by atoms with Crippen LogP contribution in [-0.4, -0.2) is 15.0 Å². The molecular weight excluding hydrogens is 222 g/mol. The van der Waals surface area contributed by atoms with E-state index < -0.39 is 0 Å². The Hall–Kier alpha value is -1.77. The first-order valence-corrected chi connectivity index (χ1v) is 6.24. The number of hydrogen-bond acceptors (Lipinski definition) is 3. The van der Waals surface area contributed by atoms with E-state index in [1.54, 1.807) is 18.6 Å². The first kappa shape index (κ1) is 12.7. The van der Waals surface area contributed by atoms with E-state index >= 15 is 0 Å². The molecule has 2 aromatic heterocycles. The summed E-state index contributed by atoms with van der Waals surface area (Å²) in [5, 5.41) is 0. The van der Waals surface area contributed by atoms with Crippen LogP contribution in [0.4, 0.5) is 0 Å². The Bertz CT molecular complexity index is 501. The van der Waals surface area contributed by atoms with Crippen molar-refractivity contribution in [3.05, 3.63) is 53.9 Å². The van der Waals surface area contributed by atoms with Gasteiger partial charge in [0.05, 0.1) is 16.8 Å². The van der Waals surface area contributed by atoms with Crippen molar-refractivity contribution in [3.8, 4) is 0 Å². The summed E-state index contributed by atoms with van der Waals surface area (Å²) in [6.45, 7) is 8.58. The van der Waals surface area contributed by atoms with Crippen LogP contribution < -0.4 is 0 Å². The second kappa shape index (κ2) is 4.84. The van der Waals surface area contributed by atoms with Crippen molar-refractivity contribution in [2.75, 3.05) is 0 Å². The molecule has 0 aliphatic heterocycles. The molecule has 3 nitrogen and oxygen atoms in total. The lowest BCUT2D eigenvalue weighted by Crippen LogP contribution is -2.22. The molecule has 0 unspecified atom stereocenters. The maximum atomic E-state index is 4.58. The van der Waals surface area contributed by atoms with Crippen LogP contribution in [0.15, 0.2) is 36.9 Å². The van der Waals surface area contributed by atoms with Crippen molar-refractivity contribution in [3.63, 3.8) is 0 Å². The Labute approximate surface area is 108 Å². The molecule has 0 aromatic carbocycles. The van der Waals surface area contributed by atoms with Crippen LogP contribution in [0.1, 0.15) is 50.6 Å². The molecule has 3 heteroatoms. The molecule has 2 aromatic rings. The van der Waals surface area contributed by atoms with Crippen LogP contribution in [-0.2, 0) is 5.41 Å². The zero-order valence-electron chi connectivity index (χ0n) is 11.4. The second-order valence-electron chi connectivity index (χ2n) is 5.35. The summed E-state index contributed by atoms with van der Waals surface area (Å²) in [7, 11) is 0. The molecule has 0 saturated carbocycles. The quantitative estimate of drug-likeness (QED) is 0.827. The molecule has 0 aliphatic carbocycles. The fraction of sp³-hybridized carbons (Fsp3) is 0.400. The van der Waals surface area contributed by atoms with Gasteiger partial charge in [0.1, 0.15) is 0 Å². The Balaban J connectivity index is 2.36. The number of nitrogens with zero attached hydrogens (tertiary/aromatic N) is 3. The standard InChI is InChI=1S/C15H19N3/c1-11(2)12-5-6-13(18-9-12)15(3,4)14-10-16-7-8-17-14/h5-11H,1-4H3. The summed E-state index contributed by atoms with van der Waals surface area (Å²) in [5.74, 6) is 0.506. The van der Waals surface area contributed by atoms with Crippen molar-refractivity contribution in [2.24, 2.45) is 0 Å². The first-order valence-electron chi connectivity index (χ1n) is 6.24. The first-order chi connectivity index (χ1) is 8.51. The minimum Gasteiger partial charge on any atom is -0.261 e. The lowest BCUT2D eigenvalue weighted by Gasteiger charge is -2.23. The number of hydrogen-bond donors (Lipinski definition) is 0. The third kappa shape index (κ3) is 2.40. The summed E-state index contributed by atoms with van der Waals surface area (Å²) in [5.41, 5.74) is 3.00. The molecule has 2 heterocycles. The van der Waals surface area contributed by atoms with Gasteiger partial charge in [-0.15, -0.1) is 0 Å². The van der Waals surface area contributed by atoms with E-state index in [0.29, 0.717) is 5.92 Å². The molecule has 0 amide bonds. The summed E-state index contributed by atoms with van der Waals surface area (Å²) in [4.78, 5) is 13.1. The minimum absolute atomic E-state index is 0.218. The Morgan fingerprint density at radius 3 is 2.22 bits per heavy atom. The van der Waals surface area contributed by atoms with Crippen molar-refractivity contribution in [1.82, 2.24) is 15.0 Å². The van der Waals surface area contributed by atoms with Crippen LogP contribution in [0.3, 0.4) is 0 Å². The van der Waals surface area contributed by atoms with E-state index in [1.165, 1.54) is 5.56 Å².